The fourth-order valence-electron chi connectivity index (χ4n) is 1.79. The maximum Gasteiger partial charge on any atom is 0.226 e. The van der Waals surface area contributed by atoms with Crippen LogP contribution in [0.2, 0.25) is 6.04 Å². The van der Waals surface area contributed by atoms with Crippen LogP contribution in [0, 0.1) is 0 Å². The zero-order valence-corrected chi connectivity index (χ0v) is 17.0. The fourth-order valence-corrected chi connectivity index (χ4v) is 4.00. The van der Waals surface area contributed by atoms with Gasteiger partial charge in [0.2, 0.25) is 5.12 Å². The molecule has 5 nitrogen and oxygen atoms in total. The molecule has 0 heterocycles. The Balaban J connectivity index is 1.83. The third-order valence-corrected chi connectivity index (χ3v) is 5.66. The van der Waals surface area contributed by atoms with E-state index < -0.39 is 0 Å². The number of carbonyl (C=O) groups is 1. The van der Waals surface area contributed by atoms with Gasteiger partial charge >= 0.3 is 0 Å². The normalized spacial score (nSPS) is 11.5. The number of nitrogens with zero attached hydrogens (tertiary/aromatic N) is 1. The highest BCUT2D eigenvalue weighted by Gasteiger charge is 2.03. The maximum atomic E-state index is 11.7. The van der Waals surface area contributed by atoms with Crippen molar-refractivity contribution >= 4 is 26.4 Å². The average Bonchev–Trinajstić information content (AvgIpc) is 2.58. The van der Waals surface area contributed by atoms with Crippen molar-refractivity contribution in [2.75, 3.05) is 52.6 Å². The van der Waals surface area contributed by atoms with Crippen LogP contribution in [0.25, 0.3) is 0 Å². The van der Waals surface area contributed by atoms with Gasteiger partial charge in [-0.25, -0.2) is 0 Å². The van der Waals surface area contributed by atoms with Crippen molar-refractivity contribution in [3.05, 3.63) is 30.3 Å². The summed E-state index contributed by atoms with van der Waals surface area (Å²) < 4.78 is 16.2. The third-order valence-electron chi connectivity index (χ3n) is 3.15. The predicted molar refractivity (Wildman–Crippen MR) is 103 cm³/mol. The van der Waals surface area contributed by atoms with Crippen LogP contribution in [-0.2, 0) is 14.3 Å². The molecule has 0 N–H and O–H groups in total. The Morgan fingerprint density at radius 3 is 2.75 bits per heavy atom. The Bertz CT molecular complexity index is 434. The fraction of sp³-hybridized carbons (Fsp3) is 0.588. The first-order valence-corrected chi connectivity index (χ1v) is 11.3. The first-order chi connectivity index (χ1) is 11.7. The van der Waals surface area contributed by atoms with Gasteiger partial charge in [-0.1, -0.05) is 36.0 Å². The third kappa shape index (κ3) is 12.5. The number of hydrogen-bond acceptors (Lipinski definition) is 6. The number of thioether (sulfide) groups is 1. The predicted octanol–water partition coefficient (Wildman–Crippen LogP) is 1.81. The van der Waals surface area contributed by atoms with Crippen molar-refractivity contribution in [1.82, 2.24) is 4.90 Å². The van der Waals surface area contributed by atoms with Gasteiger partial charge in [0.1, 0.15) is 12.5 Å². The van der Waals surface area contributed by atoms with E-state index in [1.807, 2.05) is 44.4 Å². The molecule has 136 valence electrons. The van der Waals surface area contributed by atoms with E-state index in [1.54, 1.807) is 0 Å². The van der Waals surface area contributed by atoms with E-state index in [1.165, 1.54) is 17.8 Å². The van der Waals surface area contributed by atoms with Crippen LogP contribution in [0.15, 0.2) is 30.3 Å². The van der Waals surface area contributed by atoms with E-state index in [9.17, 15) is 4.79 Å². The maximum absolute atomic E-state index is 11.7. The summed E-state index contributed by atoms with van der Waals surface area (Å²) in [6, 6.07) is 10.6. The van der Waals surface area contributed by atoms with Gasteiger partial charge in [0.15, 0.2) is 6.61 Å². The smallest absolute Gasteiger partial charge is 0.226 e. The van der Waals surface area contributed by atoms with E-state index in [0.29, 0.717) is 13.4 Å². The summed E-state index contributed by atoms with van der Waals surface area (Å²) in [6.45, 7) is 2.16. The number of rotatable bonds is 14. The van der Waals surface area contributed by atoms with Gasteiger partial charge in [-0.2, -0.15) is 0 Å². The van der Waals surface area contributed by atoms with Crippen LogP contribution >= 0.6 is 11.8 Å². The van der Waals surface area contributed by atoms with Crippen LogP contribution in [0.4, 0.5) is 0 Å². The summed E-state index contributed by atoms with van der Waals surface area (Å²) in [4.78, 5) is 13.8. The average molecular weight is 372 g/mol. The van der Waals surface area contributed by atoms with Gasteiger partial charge in [-0.15, -0.1) is 0 Å². The van der Waals surface area contributed by atoms with E-state index in [2.05, 4.69) is 4.90 Å². The van der Waals surface area contributed by atoms with Crippen LogP contribution in [0.3, 0.4) is 0 Å². The second kappa shape index (κ2) is 14.5. The highest BCUT2D eigenvalue weighted by atomic mass is 32.2. The molecule has 0 atom stereocenters. The lowest BCUT2D eigenvalue weighted by molar-refractivity contribution is -0.112. The molecule has 0 saturated carbocycles. The van der Waals surface area contributed by atoms with Gasteiger partial charge in [0.25, 0.3) is 0 Å². The largest absolute Gasteiger partial charge is 0.485 e. The van der Waals surface area contributed by atoms with Gasteiger partial charge in [0.05, 0.1) is 16.1 Å². The highest BCUT2D eigenvalue weighted by Crippen LogP contribution is 2.11. The summed E-state index contributed by atoms with van der Waals surface area (Å²) in [5, 5.41) is 0.0889. The summed E-state index contributed by atoms with van der Waals surface area (Å²) in [5.74, 6) is 1.60. The summed E-state index contributed by atoms with van der Waals surface area (Å²) in [5.41, 5.74) is 0. The topological polar surface area (TPSA) is 48.0 Å². The monoisotopic (exact) mass is 371 g/mol. The van der Waals surface area contributed by atoms with E-state index in [0.717, 1.165) is 30.7 Å². The highest BCUT2D eigenvalue weighted by molar-refractivity contribution is 8.13. The summed E-state index contributed by atoms with van der Waals surface area (Å²) >= 11 is 1.36. The number of ether oxygens (including phenoxy) is 3. The molecule has 0 bridgehead atoms. The molecular weight excluding hydrogens is 342 g/mol. The number of para-hydroxylation sites is 1. The molecule has 0 fully saturated rings. The minimum Gasteiger partial charge on any atom is -0.485 e. The Hall–Kier alpha value is -0.863. The SMILES string of the molecule is CN(C)CCOCOC[SiH2]CCCSC(=O)COc1ccccc1. The van der Waals surface area contributed by atoms with Crippen LogP contribution < -0.4 is 4.74 Å². The van der Waals surface area contributed by atoms with Crippen molar-refractivity contribution in [2.24, 2.45) is 0 Å². The molecule has 0 aromatic heterocycles. The number of carbonyl (C=O) groups excluding carboxylic acids is 1. The molecule has 1 aromatic carbocycles. The quantitative estimate of drug-likeness (QED) is 0.282. The Morgan fingerprint density at radius 1 is 1.21 bits per heavy atom. The Morgan fingerprint density at radius 2 is 2.00 bits per heavy atom. The minimum absolute atomic E-state index is 0.0889. The van der Waals surface area contributed by atoms with Crippen molar-refractivity contribution in [2.45, 2.75) is 12.5 Å². The molecule has 24 heavy (non-hydrogen) atoms. The lowest BCUT2D eigenvalue weighted by Crippen LogP contribution is -2.19. The zero-order valence-electron chi connectivity index (χ0n) is 14.7. The van der Waals surface area contributed by atoms with Gasteiger partial charge in [-0.3, -0.25) is 4.79 Å². The lowest BCUT2D eigenvalue weighted by Gasteiger charge is -2.09. The molecule has 0 radical (unpaired) electrons. The molecule has 0 unspecified atom stereocenters. The standard InChI is InChI=1S/C17H29NO4SSi/c1-18(2)9-10-20-14-21-15-24-12-6-11-23-17(19)13-22-16-7-4-3-5-8-16/h3-5,7-8H,6,9-15,24H2,1-2H3. The molecular formula is C17H29NO4SSi. The molecule has 1 rings (SSSR count). The molecule has 0 saturated heterocycles. The summed E-state index contributed by atoms with van der Waals surface area (Å²) in [6.07, 6.45) is 1.91. The first kappa shape index (κ1) is 21.2. The van der Waals surface area contributed by atoms with E-state index in [-0.39, 0.29) is 21.2 Å². The van der Waals surface area contributed by atoms with Crippen molar-refractivity contribution in [3.8, 4) is 5.75 Å². The summed E-state index contributed by atoms with van der Waals surface area (Å²) in [7, 11) is 3.84. The van der Waals surface area contributed by atoms with Gasteiger partial charge < -0.3 is 19.1 Å². The molecule has 0 amide bonds. The van der Waals surface area contributed by atoms with Crippen LogP contribution in [-0.4, -0.2) is 72.2 Å². The second-order valence-electron chi connectivity index (χ2n) is 5.62. The Kier molecular flexibility index (Phi) is 12.8. The van der Waals surface area contributed by atoms with Crippen molar-refractivity contribution < 1.29 is 19.0 Å². The van der Waals surface area contributed by atoms with E-state index in [4.69, 9.17) is 14.2 Å². The zero-order chi connectivity index (χ0) is 17.5. The minimum atomic E-state index is -0.205. The molecule has 0 aliphatic carbocycles. The van der Waals surface area contributed by atoms with Crippen molar-refractivity contribution in [3.63, 3.8) is 0 Å². The molecule has 7 heteroatoms. The number of benzene rings is 1. The van der Waals surface area contributed by atoms with Crippen LogP contribution in [0.5, 0.6) is 5.75 Å². The molecule has 0 aliphatic heterocycles. The van der Waals surface area contributed by atoms with E-state index >= 15 is 0 Å². The molecule has 1 aromatic rings. The molecule has 0 spiro atoms. The Labute approximate surface area is 151 Å². The number of hydrogen-bond donors (Lipinski definition) is 0. The second-order valence-corrected chi connectivity index (χ2v) is 8.60. The first-order valence-electron chi connectivity index (χ1n) is 8.32. The number of likely N-dealkylation sites (N-methyl/N-ethyl adjacent to an activating group) is 1. The van der Waals surface area contributed by atoms with Crippen molar-refractivity contribution in [1.29, 1.82) is 0 Å². The lowest BCUT2D eigenvalue weighted by atomic mass is 10.3. The van der Waals surface area contributed by atoms with Crippen LogP contribution in [0.1, 0.15) is 6.42 Å². The molecule has 0 aliphatic rings. The van der Waals surface area contributed by atoms with Gasteiger partial charge in [-0.05, 0) is 32.6 Å². The van der Waals surface area contributed by atoms with Gasteiger partial charge in [0, 0.05) is 18.5 Å².